The first-order valence-corrected chi connectivity index (χ1v) is 8.41. The molecule has 0 aliphatic carbocycles. The number of rotatable bonds is 6. The fraction of sp³-hybridized carbons (Fsp3) is 0.500. The number of hydrogen-bond acceptors (Lipinski definition) is 3. The molecule has 2 atom stereocenters. The molecule has 1 aliphatic heterocycles. The lowest BCUT2D eigenvalue weighted by Gasteiger charge is -2.32. The Morgan fingerprint density at radius 2 is 2.00 bits per heavy atom. The standard InChI is InChI=1S/C18H23FN2O4/c1-12(9-16(22)23)10-20-17(24)14-3-2-8-21(11-14)18(25)13-4-6-15(19)7-5-13/h4-7,12,14H,2-3,8-11H2,1H3,(H,20,24)(H,22,23). The van der Waals surface area contributed by atoms with E-state index in [1.807, 2.05) is 0 Å². The molecule has 1 aromatic carbocycles. The van der Waals surface area contributed by atoms with Gasteiger partial charge in [0.25, 0.3) is 5.91 Å². The quantitative estimate of drug-likeness (QED) is 0.820. The van der Waals surface area contributed by atoms with Crippen LogP contribution in [0.3, 0.4) is 0 Å². The van der Waals surface area contributed by atoms with E-state index < -0.39 is 11.8 Å². The largest absolute Gasteiger partial charge is 0.481 e. The molecule has 2 amide bonds. The second kappa shape index (κ2) is 8.60. The minimum atomic E-state index is -0.893. The van der Waals surface area contributed by atoms with Gasteiger partial charge in [0, 0.05) is 31.6 Å². The number of carbonyl (C=O) groups excluding carboxylic acids is 2. The zero-order chi connectivity index (χ0) is 18.4. The second-order valence-electron chi connectivity index (χ2n) is 6.55. The van der Waals surface area contributed by atoms with E-state index in [-0.39, 0.29) is 30.1 Å². The van der Waals surface area contributed by atoms with Gasteiger partial charge in [0.15, 0.2) is 0 Å². The molecule has 2 unspecified atom stereocenters. The third-order valence-corrected chi connectivity index (χ3v) is 4.32. The number of likely N-dealkylation sites (tertiary alicyclic amines) is 1. The van der Waals surface area contributed by atoms with Gasteiger partial charge in [0.2, 0.25) is 5.91 Å². The molecule has 7 heteroatoms. The van der Waals surface area contributed by atoms with Crippen LogP contribution in [0, 0.1) is 17.7 Å². The van der Waals surface area contributed by atoms with E-state index >= 15 is 0 Å². The summed E-state index contributed by atoms with van der Waals surface area (Å²) in [5.74, 6) is -2.12. The van der Waals surface area contributed by atoms with Crippen molar-refractivity contribution in [3.63, 3.8) is 0 Å². The lowest BCUT2D eigenvalue weighted by molar-refractivity contribution is -0.138. The maximum atomic E-state index is 13.0. The van der Waals surface area contributed by atoms with Crippen LogP contribution < -0.4 is 5.32 Å². The zero-order valence-corrected chi connectivity index (χ0v) is 14.2. The van der Waals surface area contributed by atoms with Crippen molar-refractivity contribution in [2.75, 3.05) is 19.6 Å². The number of piperidine rings is 1. The van der Waals surface area contributed by atoms with Gasteiger partial charge in [-0.1, -0.05) is 6.92 Å². The Balaban J connectivity index is 1.89. The maximum absolute atomic E-state index is 13.0. The highest BCUT2D eigenvalue weighted by molar-refractivity contribution is 5.94. The van der Waals surface area contributed by atoms with Crippen molar-refractivity contribution < 1.29 is 23.9 Å². The van der Waals surface area contributed by atoms with Gasteiger partial charge in [-0.25, -0.2) is 4.39 Å². The molecular formula is C18H23FN2O4. The fourth-order valence-corrected chi connectivity index (χ4v) is 2.94. The molecule has 1 aromatic rings. The SMILES string of the molecule is CC(CNC(=O)C1CCCN(C(=O)c2ccc(F)cc2)C1)CC(=O)O. The molecule has 6 nitrogen and oxygen atoms in total. The molecule has 2 rings (SSSR count). The van der Waals surface area contributed by atoms with E-state index in [0.29, 0.717) is 31.6 Å². The van der Waals surface area contributed by atoms with E-state index in [1.54, 1.807) is 11.8 Å². The smallest absolute Gasteiger partial charge is 0.303 e. The van der Waals surface area contributed by atoms with Gasteiger partial charge in [-0.3, -0.25) is 14.4 Å². The molecule has 2 N–H and O–H groups in total. The van der Waals surface area contributed by atoms with Crippen molar-refractivity contribution in [3.05, 3.63) is 35.6 Å². The van der Waals surface area contributed by atoms with Crippen LogP contribution >= 0.6 is 0 Å². The van der Waals surface area contributed by atoms with Crippen LogP contribution in [0.5, 0.6) is 0 Å². The summed E-state index contributed by atoms with van der Waals surface area (Å²) in [5.41, 5.74) is 0.400. The molecule has 1 heterocycles. The normalized spacial score (nSPS) is 18.5. The number of halogens is 1. The van der Waals surface area contributed by atoms with Gasteiger partial charge < -0.3 is 15.3 Å². The highest BCUT2D eigenvalue weighted by Gasteiger charge is 2.29. The van der Waals surface area contributed by atoms with Gasteiger partial charge in [-0.2, -0.15) is 0 Å². The van der Waals surface area contributed by atoms with Crippen LogP contribution in [0.4, 0.5) is 4.39 Å². The Morgan fingerprint density at radius 3 is 2.64 bits per heavy atom. The highest BCUT2D eigenvalue weighted by Crippen LogP contribution is 2.19. The molecule has 136 valence electrons. The molecule has 0 aromatic heterocycles. The summed E-state index contributed by atoms with van der Waals surface area (Å²) in [6, 6.07) is 5.36. The molecule has 0 radical (unpaired) electrons. The van der Waals surface area contributed by atoms with Crippen LogP contribution in [0.2, 0.25) is 0 Å². The van der Waals surface area contributed by atoms with Crippen molar-refractivity contribution in [3.8, 4) is 0 Å². The van der Waals surface area contributed by atoms with Crippen LogP contribution in [-0.2, 0) is 9.59 Å². The Morgan fingerprint density at radius 1 is 1.32 bits per heavy atom. The van der Waals surface area contributed by atoms with Gasteiger partial charge in [-0.15, -0.1) is 0 Å². The Kier molecular flexibility index (Phi) is 6.50. The number of carboxylic acid groups (broad SMARTS) is 1. The van der Waals surface area contributed by atoms with Crippen molar-refractivity contribution in [1.82, 2.24) is 10.2 Å². The topological polar surface area (TPSA) is 86.7 Å². The number of carbonyl (C=O) groups is 3. The summed E-state index contributed by atoms with van der Waals surface area (Å²) in [6.07, 6.45) is 1.40. The van der Waals surface area contributed by atoms with E-state index in [0.717, 1.165) is 6.42 Å². The number of nitrogens with one attached hydrogen (secondary N) is 1. The minimum Gasteiger partial charge on any atom is -0.481 e. The van der Waals surface area contributed by atoms with E-state index in [4.69, 9.17) is 5.11 Å². The Labute approximate surface area is 146 Å². The molecule has 1 fully saturated rings. The van der Waals surface area contributed by atoms with Gasteiger partial charge in [-0.05, 0) is 43.0 Å². The number of amides is 2. The second-order valence-corrected chi connectivity index (χ2v) is 6.55. The van der Waals surface area contributed by atoms with Crippen molar-refractivity contribution in [2.45, 2.75) is 26.2 Å². The van der Waals surface area contributed by atoms with Crippen LogP contribution in [-0.4, -0.2) is 47.4 Å². The lowest BCUT2D eigenvalue weighted by Crippen LogP contribution is -2.46. The summed E-state index contributed by atoms with van der Waals surface area (Å²) in [5, 5.41) is 11.5. The predicted molar refractivity (Wildman–Crippen MR) is 89.5 cm³/mol. The van der Waals surface area contributed by atoms with Crippen LogP contribution in [0.15, 0.2) is 24.3 Å². The highest BCUT2D eigenvalue weighted by atomic mass is 19.1. The summed E-state index contributed by atoms with van der Waals surface area (Å²) in [6.45, 7) is 2.94. The molecule has 1 saturated heterocycles. The summed E-state index contributed by atoms with van der Waals surface area (Å²) < 4.78 is 13.0. The van der Waals surface area contributed by atoms with Crippen molar-refractivity contribution >= 4 is 17.8 Å². The van der Waals surface area contributed by atoms with E-state index in [9.17, 15) is 18.8 Å². The summed E-state index contributed by atoms with van der Waals surface area (Å²) in [7, 11) is 0. The first-order valence-electron chi connectivity index (χ1n) is 8.41. The lowest BCUT2D eigenvalue weighted by atomic mass is 9.96. The number of benzene rings is 1. The third-order valence-electron chi connectivity index (χ3n) is 4.32. The summed E-state index contributed by atoms with van der Waals surface area (Å²) in [4.78, 5) is 37.0. The fourth-order valence-electron chi connectivity index (χ4n) is 2.94. The first-order chi connectivity index (χ1) is 11.9. The molecule has 0 bridgehead atoms. The zero-order valence-electron chi connectivity index (χ0n) is 14.2. The monoisotopic (exact) mass is 350 g/mol. The average Bonchev–Trinajstić information content (AvgIpc) is 2.59. The number of aliphatic carboxylic acids is 1. The van der Waals surface area contributed by atoms with E-state index in [2.05, 4.69) is 5.32 Å². The van der Waals surface area contributed by atoms with Crippen molar-refractivity contribution in [2.24, 2.45) is 11.8 Å². The average molecular weight is 350 g/mol. The number of hydrogen-bond donors (Lipinski definition) is 2. The van der Waals surface area contributed by atoms with E-state index in [1.165, 1.54) is 24.3 Å². The van der Waals surface area contributed by atoms with Crippen molar-refractivity contribution in [1.29, 1.82) is 0 Å². The maximum Gasteiger partial charge on any atom is 0.303 e. The molecular weight excluding hydrogens is 327 g/mol. The predicted octanol–water partition coefficient (Wildman–Crippen LogP) is 1.90. The van der Waals surface area contributed by atoms with Gasteiger partial charge in [0.1, 0.15) is 5.82 Å². The van der Waals surface area contributed by atoms with Crippen LogP contribution in [0.1, 0.15) is 36.5 Å². The first kappa shape index (κ1) is 18.9. The minimum absolute atomic E-state index is 0.000123. The molecule has 0 spiro atoms. The number of nitrogens with zero attached hydrogens (tertiary/aromatic N) is 1. The van der Waals surface area contributed by atoms with Gasteiger partial charge >= 0.3 is 5.97 Å². The number of carboxylic acids is 1. The summed E-state index contributed by atoms with van der Waals surface area (Å²) >= 11 is 0. The molecule has 1 aliphatic rings. The Bertz CT molecular complexity index is 632. The Hall–Kier alpha value is -2.44. The molecule has 25 heavy (non-hydrogen) atoms. The third kappa shape index (κ3) is 5.55. The van der Waals surface area contributed by atoms with Crippen LogP contribution in [0.25, 0.3) is 0 Å². The van der Waals surface area contributed by atoms with Gasteiger partial charge in [0.05, 0.1) is 5.92 Å². The molecule has 0 saturated carbocycles.